The number of carboxylic acid groups (broad SMARTS) is 1. The molecule has 0 unspecified atom stereocenters. The molecular formula is C32H33N3O4. The first-order valence-electron chi connectivity index (χ1n) is 13.3. The normalized spacial score (nSPS) is 11.4. The van der Waals surface area contributed by atoms with Gasteiger partial charge in [0, 0.05) is 24.1 Å². The fourth-order valence-electron chi connectivity index (χ4n) is 5.08. The van der Waals surface area contributed by atoms with Crippen molar-refractivity contribution in [2.75, 3.05) is 0 Å². The van der Waals surface area contributed by atoms with Crippen molar-refractivity contribution in [3.8, 4) is 28.3 Å². The van der Waals surface area contributed by atoms with Crippen LogP contribution in [0.5, 0.6) is 5.75 Å². The van der Waals surface area contributed by atoms with E-state index in [1.807, 2.05) is 31.2 Å². The highest BCUT2D eigenvalue weighted by Gasteiger charge is 2.19. The van der Waals surface area contributed by atoms with E-state index in [-0.39, 0.29) is 0 Å². The summed E-state index contributed by atoms with van der Waals surface area (Å²) in [5.74, 6) is 3.14. The number of aryl methyl sites for hydroxylation is 3. The van der Waals surface area contributed by atoms with Gasteiger partial charge in [-0.3, -0.25) is 0 Å². The number of benzene rings is 3. The lowest BCUT2D eigenvalue weighted by Crippen LogP contribution is -2.05. The number of rotatable bonds is 8. The molecule has 0 saturated heterocycles. The maximum Gasteiger partial charge on any atom is 0.511 e. The number of hydrogen-bond donors (Lipinski definition) is 1. The number of para-hydroxylation sites is 1. The highest BCUT2D eigenvalue weighted by Crippen LogP contribution is 2.33. The quantitative estimate of drug-likeness (QED) is 0.163. The Labute approximate surface area is 228 Å². The van der Waals surface area contributed by atoms with Gasteiger partial charge >= 0.3 is 6.16 Å². The fourth-order valence-corrected chi connectivity index (χ4v) is 5.08. The third-order valence-electron chi connectivity index (χ3n) is 6.91. The van der Waals surface area contributed by atoms with Crippen LogP contribution in [0.25, 0.3) is 33.6 Å². The molecule has 0 amide bonds. The lowest BCUT2D eigenvalue weighted by Gasteiger charge is -2.12. The summed E-state index contributed by atoms with van der Waals surface area (Å²) in [6, 6.07) is 19.5. The number of ether oxygens (including phenoxy) is 1. The molecule has 0 aliphatic carbocycles. The molecule has 0 bridgehead atoms. The summed E-state index contributed by atoms with van der Waals surface area (Å²) < 4.78 is 13.3. The summed E-state index contributed by atoms with van der Waals surface area (Å²) in [6.07, 6.45) is 0.534. The largest absolute Gasteiger partial charge is 0.511 e. The molecule has 0 radical (unpaired) electrons. The van der Waals surface area contributed by atoms with E-state index >= 15 is 0 Å². The number of oxazole rings is 1. The summed E-state index contributed by atoms with van der Waals surface area (Å²) in [7, 11) is 0. The summed E-state index contributed by atoms with van der Waals surface area (Å²) in [4.78, 5) is 21.0. The minimum Gasteiger partial charge on any atom is -0.449 e. The zero-order valence-electron chi connectivity index (χ0n) is 23.0. The molecule has 3 aromatic carbocycles. The van der Waals surface area contributed by atoms with Crippen LogP contribution in [-0.2, 0) is 13.0 Å². The van der Waals surface area contributed by atoms with Crippen molar-refractivity contribution >= 4 is 17.2 Å². The molecular weight excluding hydrogens is 490 g/mol. The monoisotopic (exact) mass is 523 g/mol. The molecule has 7 nitrogen and oxygen atoms in total. The lowest BCUT2D eigenvalue weighted by atomic mass is 10.0. The highest BCUT2D eigenvalue weighted by atomic mass is 16.7. The van der Waals surface area contributed by atoms with Crippen LogP contribution < -0.4 is 4.74 Å². The molecule has 7 heteroatoms. The van der Waals surface area contributed by atoms with E-state index in [1.165, 1.54) is 0 Å². The van der Waals surface area contributed by atoms with Gasteiger partial charge in [-0.05, 0) is 61.1 Å². The van der Waals surface area contributed by atoms with Gasteiger partial charge in [0.25, 0.3) is 0 Å². The van der Waals surface area contributed by atoms with Crippen LogP contribution in [0.4, 0.5) is 4.79 Å². The number of imidazole rings is 1. The molecule has 0 aliphatic heterocycles. The predicted octanol–water partition coefficient (Wildman–Crippen LogP) is 8.16. The van der Waals surface area contributed by atoms with E-state index in [0.29, 0.717) is 24.1 Å². The first-order chi connectivity index (χ1) is 18.7. The topological polar surface area (TPSA) is 90.4 Å². The molecule has 0 aliphatic rings. The van der Waals surface area contributed by atoms with Crippen molar-refractivity contribution in [1.29, 1.82) is 0 Å². The molecule has 200 valence electrons. The van der Waals surface area contributed by atoms with Crippen LogP contribution in [0.3, 0.4) is 0 Å². The van der Waals surface area contributed by atoms with Gasteiger partial charge in [0.2, 0.25) is 5.89 Å². The average molecular weight is 524 g/mol. The zero-order chi connectivity index (χ0) is 27.7. The van der Waals surface area contributed by atoms with E-state index in [1.54, 1.807) is 12.1 Å². The summed E-state index contributed by atoms with van der Waals surface area (Å²) in [5.41, 5.74) is 7.80. The van der Waals surface area contributed by atoms with E-state index in [4.69, 9.17) is 24.2 Å². The Morgan fingerprint density at radius 1 is 1.03 bits per heavy atom. The molecule has 1 N–H and O–H groups in total. The molecule has 39 heavy (non-hydrogen) atoms. The van der Waals surface area contributed by atoms with Crippen molar-refractivity contribution in [3.05, 3.63) is 89.1 Å². The first-order valence-corrected chi connectivity index (χ1v) is 13.3. The number of nitrogens with zero attached hydrogens (tertiary/aromatic N) is 3. The van der Waals surface area contributed by atoms with Crippen molar-refractivity contribution < 1.29 is 19.1 Å². The molecule has 0 spiro atoms. The van der Waals surface area contributed by atoms with E-state index < -0.39 is 6.16 Å². The van der Waals surface area contributed by atoms with Gasteiger partial charge < -0.3 is 18.8 Å². The predicted molar refractivity (Wildman–Crippen MR) is 152 cm³/mol. The Hall–Kier alpha value is -4.39. The second-order valence-electron chi connectivity index (χ2n) is 10.2. The summed E-state index contributed by atoms with van der Waals surface area (Å²) in [5, 5.41) is 9.09. The molecule has 0 fully saturated rings. The third kappa shape index (κ3) is 5.30. The third-order valence-corrected chi connectivity index (χ3v) is 6.91. The minimum atomic E-state index is -1.33. The Balaban J connectivity index is 1.53. The molecule has 0 atom stereocenters. The Bertz CT molecular complexity index is 1640. The lowest BCUT2D eigenvalue weighted by molar-refractivity contribution is 0.144. The number of carbonyl (C=O) groups is 1. The molecule has 5 aromatic rings. The van der Waals surface area contributed by atoms with Gasteiger partial charge in [-0.2, -0.15) is 0 Å². The van der Waals surface area contributed by atoms with E-state index in [2.05, 4.69) is 56.5 Å². The van der Waals surface area contributed by atoms with Crippen LogP contribution >= 0.6 is 0 Å². The molecule has 2 heterocycles. The van der Waals surface area contributed by atoms with Crippen molar-refractivity contribution in [1.82, 2.24) is 14.5 Å². The van der Waals surface area contributed by atoms with E-state index in [9.17, 15) is 4.79 Å². The second-order valence-corrected chi connectivity index (χ2v) is 10.2. The van der Waals surface area contributed by atoms with Gasteiger partial charge in [-0.25, -0.2) is 14.8 Å². The standard InChI is InChI=1S/C32H33N3O4/c1-6-9-28-33-30-20(4)16-24(31-34-29(19(2)3)21(5)38-31)17-26(30)35(28)18-22-12-14-23(15-13-22)25-10-7-8-11-27(25)39-32(36)37/h7-8,10-17,19H,6,9,18H2,1-5H3,(H,36,37). The maximum absolute atomic E-state index is 11.1. The summed E-state index contributed by atoms with van der Waals surface area (Å²) in [6.45, 7) is 11.1. The van der Waals surface area contributed by atoms with Crippen LogP contribution in [-0.4, -0.2) is 25.8 Å². The van der Waals surface area contributed by atoms with Crippen LogP contribution in [0.15, 0.2) is 65.1 Å². The van der Waals surface area contributed by atoms with Crippen molar-refractivity contribution in [2.24, 2.45) is 0 Å². The fraction of sp³-hybridized carbons (Fsp3) is 0.281. The van der Waals surface area contributed by atoms with Crippen molar-refractivity contribution in [2.45, 2.75) is 59.9 Å². The van der Waals surface area contributed by atoms with Gasteiger partial charge in [0.15, 0.2) is 0 Å². The summed E-state index contributed by atoms with van der Waals surface area (Å²) >= 11 is 0. The minimum absolute atomic E-state index is 0.291. The highest BCUT2D eigenvalue weighted by molar-refractivity contribution is 5.84. The zero-order valence-corrected chi connectivity index (χ0v) is 23.0. The number of fused-ring (bicyclic) bond motifs is 1. The first kappa shape index (κ1) is 26.2. The molecule has 0 saturated carbocycles. The van der Waals surface area contributed by atoms with E-state index in [0.717, 1.165) is 69.0 Å². The second kappa shape index (κ2) is 10.8. The Morgan fingerprint density at radius 3 is 2.44 bits per heavy atom. The van der Waals surface area contributed by atoms with Crippen LogP contribution in [0, 0.1) is 13.8 Å². The Kier molecular flexibility index (Phi) is 7.24. The van der Waals surface area contributed by atoms with Gasteiger partial charge in [-0.1, -0.05) is 63.2 Å². The number of hydrogen-bond acceptors (Lipinski definition) is 5. The van der Waals surface area contributed by atoms with Crippen molar-refractivity contribution in [3.63, 3.8) is 0 Å². The maximum atomic E-state index is 11.1. The van der Waals surface area contributed by atoms with Crippen LogP contribution in [0.1, 0.15) is 61.5 Å². The SMILES string of the molecule is CCCc1nc2c(C)cc(-c3nc(C(C)C)c(C)o3)cc2n1Cc1ccc(-c2ccccc2OC(=O)O)cc1. The smallest absolute Gasteiger partial charge is 0.449 e. The van der Waals surface area contributed by atoms with Gasteiger partial charge in [0.05, 0.1) is 16.7 Å². The molecule has 2 aromatic heterocycles. The molecule has 5 rings (SSSR count). The van der Waals surface area contributed by atoms with Crippen LogP contribution in [0.2, 0.25) is 0 Å². The van der Waals surface area contributed by atoms with Gasteiger partial charge in [0.1, 0.15) is 17.3 Å². The Morgan fingerprint density at radius 2 is 1.77 bits per heavy atom. The number of aromatic nitrogens is 3. The average Bonchev–Trinajstić information content (AvgIpc) is 3.46. The van der Waals surface area contributed by atoms with Gasteiger partial charge in [-0.15, -0.1) is 0 Å².